The van der Waals surface area contributed by atoms with Gasteiger partial charge in [-0.25, -0.2) is 0 Å². The van der Waals surface area contributed by atoms with Gasteiger partial charge in [0.2, 0.25) is 0 Å². The summed E-state index contributed by atoms with van der Waals surface area (Å²) in [4.78, 5) is 0. The summed E-state index contributed by atoms with van der Waals surface area (Å²) in [5.74, 6) is 1.08. The number of hydrogen-bond donors (Lipinski definition) is 2. The van der Waals surface area contributed by atoms with Crippen LogP contribution in [0.1, 0.15) is 51.4 Å². The van der Waals surface area contributed by atoms with Crippen molar-refractivity contribution < 1.29 is 0 Å². The molecule has 0 bridgehead atoms. The number of rotatable bonds is 6. The van der Waals surface area contributed by atoms with Gasteiger partial charge in [0.05, 0.1) is 0 Å². The molecule has 3 aliphatic rings. The van der Waals surface area contributed by atoms with E-state index < -0.39 is 0 Å². The molecule has 3 rings (SSSR count). The van der Waals surface area contributed by atoms with E-state index in [9.17, 15) is 0 Å². The van der Waals surface area contributed by atoms with E-state index in [1.54, 1.807) is 0 Å². The molecule has 0 unspecified atom stereocenters. The van der Waals surface area contributed by atoms with Crippen LogP contribution in [0.15, 0.2) is 0 Å². The fourth-order valence-electron chi connectivity index (χ4n) is 3.14. The minimum Gasteiger partial charge on any atom is -0.325 e. The van der Waals surface area contributed by atoms with Gasteiger partial charge >= 0.3 is 0 Å². The Balaban J connectivity index is 1.33. The van der Waals surface area contributed by atoms with Crippen LogP contribution in [0.25, 0.3) is 0 Å². The minimum absolute atomic E-state index is 0.212. The molecule has 0 aromatic carbocycles. The lowest BCUT2D eigenvalue weighted by Gasteiger charge is -2.38. The van der Waals surface area contributed by atoms with Crippen LogP contribution in [0.5, 0.6) is 0 Å². The molecule has 0 aromatic rings. The first-order valence-electron chi connectivity index (χ1n) is 6.72. The van der Waals surface area contributed by atoms with Crippen LogP contribution in [0, 0.1) is 11.3 Å². The van der Waals surface area contributed by atoms with Gasteiger partial charge in [0.15, 0.2) is 0 Å². The Morgan fingerprint density at radius 2 is 1.87 bits per heavy atom. The summed E-state index contributed by atoms with van der Waals surface area (Å²) >= 11 is 0. The molecule has 0 radical (unpaired) electrons. The van der Waals surface area contributed by atoms with Crippen molar-refractivity contribution in [2.75, 3.05) is 13.1 Å². The molecule has 0 spiro atoms. The van der Waals surface area contributed by atoms with Crippen LogP contribution in [-0.2, 0) is 0 Å². The average molecular weight is 208 g/mol. The van der Waals surface area contributed by atoms with Gasteiger partial charge in [0.1, 0.15) is 0 Å². The van der Waals surface area contributed by atoms with Crippen LogP contribution in [0.3, 0.4) is 0 Å². The molecule has 3 saturated carbocycles. The van der Waals surface area contributed by atoms with Crippen molar-refractivity contribution in [1.82, 2.24) is 5.32 Å². The maximum Gasteiger partial charge on any atom is 0.0166 e. The van der Waals surface area contributed by atoms with Crippen molar-refractivity contribution in [3.63, 3.8) is 0 Å². The number of nitrogens with two attached hydrogens (primary N) is 1. The van der Waals surface area contributed by atoms with Crippen LogP contribution in [0.2, 0.25) is 0 Å². The van der Waals surface area contributed by atoms with Crippen LogP contribution < -0.4 is 11.1 Å². The van der Waals surface area contributed by atoms with E-state index in [2.05, 4.69) is 5.32 Å². The highest BCUT2D eigenvalue weighted by molar-refractivity contribution is 5.05. The molecule has 86 valence electrons. The minimum atomic E-state index is 0.212. The van der Waals surface area contributed by atoms with Gasteiger partial charge in [0.25, 0.3) is 0 Å². The maximum absolute atomic E-state index is 6.20. The van der Waals surface area contributed by atoms with Crippen LogP contribution >= 0.6 is 0 Å². The quantitative estimate of drug-likeness (QED) is 0.656. The molecule has 0 amide bonds. The maximum atomic E-state index is 6.20. The summed E-state index contributed by atoms with van der Waals surface area (Å²) in [6, 6.07) is 0. The van der Waals surface area contributed by atoms with Crippen LogP contribution in [0.4, 0.5) is 0 Å². The second-order valence-electron chi connectivity index (χ2n) is 6.28. The molecule has 3 fully saturated rings. The van der Waals surface area contributed by atoms with Crippen molar-refractivity contribution in [3.8, 4) is 0 Å². The van der Waals surface area contributed by atoms with E-state index in [0.717, 1.165) is 17.9 Å². The molecular weight excluding hydrogens is 184 g/mol. The first-order chi connectivity index (χ1) is 7.23. The lowest BCUT2D eigenvalue weighted by molar-refractivity contribution is 0.227. The first kappa shape index (κ1) is 10.1. The fraction of sp³-hybridized carbons (Fsp3) is 1.00. The molecule has 0 heterocycles. The third kappa shape index (κ3) is 2.07. The standard InChI is InChI=1S/C13H24N2/c14-13(4-1-5-13)8-9-15-10-12(6-7-12)11-2-3-11/h11,15H,1-10,14H2. The Hall–Kier alpha value is -0.0800. The zero-order chi connectivity index (χ0) is 10.4. The first-order valence-corrected chi connectivity index (χ1v) is 6.72. The van der Waals surface area contributed by atoms with Gasteiger partial charge < -0.3 is 11.1 Å². The molecule has 2 heteroatoms. The molecule has 0 atom stereocenters. The van der Waals surface area contributed by atoms with E-state index in [1.165, 1.54) is 57.9 Å². The highest BCUT2D eigenvalue weighted by Gasteiger charge is 2.53. The Bertz CT molecular complexity index is 237. The molecule has 2 nitrogen and oxygen atoms in total. The molecule has 0 saturated heterocycles. The lowest BCUT2D eigenvalue weighted by Crippen LogP contribution is -2.48. The zero-order valence-corrected chi connectivity index (χ0v) is 9.73. The summed E-state index contributed by atoms with van der Waals surface area (Å²) in [6.45, 7) is 2.42. The largest absolute Gasteiger partial charge is 0.325 e. The third-order valence-electron chi connectivity index (χ3n) is 4.96. The molecule has 3 aliphatic carbocycles. The summed E-state index contributed by atoms with van der Waals surface area (Å²) < 4.78 is 0. The van der Waals surface area contributed by atoms with Crippen LogP contribution in [-0.4, -0.2) is 18.6 Å². The smallest absolute Gasteiger partial charge is 0.0166 e. The fourth-order valence-corrected chi connectivity index (χ4v) is 3.14. The average Bonchev–Trinajstić information content (AvgIpc) is 2.99. The summed E-state index contributed by atoms with van der Waals surface area (Å²) in [5, 5.41) is 3.65. The predicted molar refractivity (Wildman–Crippen MR) is 62.6 cm³/mol. The van der Waals surface area contributed by atoms with Crippen molar-refractivity contribution >= 4 is 0 Å². The molecule has 0 aliphatic heterocycles. The van der Waals surface area contributed by atoms with E-state index in [4.69, 9.17) is 5.73 Å². The Morgan fingerprint density at radius 1 is 1.13 bits per heavy atom. The van der Waals surface area contributed by atoms with E-state index >= 15 is 0 Å². The molecular formula is C13H24N2. The monoisotopic (exact) mass is 208 g/mol. The lowest BCUT2D eigenvalue weighted by atomic mass is 9.75. The van der Waals surface area contributed by atoms with Gasteiger partial charge in [-0.1, -0.05) is 0 Å². The second kappa shape index (κ2) is 3.46. The predicted octanol–water partition coefficient (Wildman–Crippen LogP) is 2.04. The topological polar surface area (TPSA) is 38.0 Å². The van der Waals surface area contributed by atoms with E-state index in [0.29, 0.717) is 0 Å². The Labute approximate surface area is 93.0 Å². The van der Waals surface area contributed by atoms with Gasteiger partial charge in [-0.05, 0) is 69.2 Å². The molecule has 0 aromatic heterocycles. The van der Waals surface area contributed by atoms with E-state index in [1.807, 2.05) is 0 Å². The SMILES string of the molecule is NC1(CCNCC2(C3CC3)CC2)CCC1. The highest BCUT2D eigenvalue weighted by Crippen LogP contribution is 2.60. The van der Waals surface area contributed by atoms with Gasteiger partial charge in [-0.2, -0.15) is 0 Å². The Kier molecular flexibility index (Phi) is 2.33. The van der Waals surface area contributed by atoms with Crippen molar-refractivity contribution in [2.24, 2.45) is 17.1 Å². The van der Waals surface area contributed by atoms with Crippen molar-refractivity contribution in [3.05, 3.63) is 0 Å². The van der Waals surface area contributed by atoms with Crippen molar-refractivity contribution in [1.29, 1.82) is 0 Å². The summed E-state index contributed by atoms with van der Waals surface area (Å²) in [7, 11) is 0. The van der Waals surface area contributed by atoms with Gasteiger partial charge in [-0.15, -0.1) is 0 Å². The number of hydrogen-bond acceptors (Lipinski definition) is 2. The molecule has 15 heavy (non-hydrogen) atoms. The van der Waals surface area contributed by atoms with E-state index in [-0.39, 0.29) is 5.54 Å². The summed E-state index contributed by atoms with van der Waals surface area (Å²) in [5.41, 5.74) is 7.16. The summed E-state index contributed by atoms with van der Waals surface area (Å²) in [6.07, 6.45) is 11.0. The third-order valence-corrected chi connectivity index (χ3v) is 4.96. The Morgan fingerprint density at radius 3 is 2.33 bits per heavy atom. The number of nitrogens with one attached hydrogen (secondary N) is 1. The van der Waals surface area contributed by atoms with Gasteiger partial charge in [-0.3, -0.25) is 0 Å². The second-order valence-corrected chi connectivity index (χ2v) is 6.28. The zero-order valence-electron chi connectivity index (χ0n) is 9.73. The highest BCUT2D eigenvalue weighted by atomic mass is 14.9. The normalized spacial score (nSPS) is 31.0. The van der Waals surface area contributed by atoms with Crippen molar-refractivity contribution in [2.45, 2.75) is 56.9 Å². The van der Waals surface area contributed by atoms with Gasteiger partial charge in [0, 0.05) is 12.1 Å². The molecule has 3 N–H and O–H groups in total.